The van der Waals surface area contributed by atoms with Gasteiger partial charge in [0, 0.05) is 24.8 Å². The maximum atomic E-state index is 12.4. The van der Waals surface area contributed by atoms with Gasteiger partial charge in [-0.05, 0) is 74.9 Å². The molecule has 0 radical (unpaired) electrons. The highest BCUT2D eigenvalue weighted by atomic mass is 16.5. The van der Waals surface area contributed by atoms with E-state index >= 15 is 0 Å². The van der Waals surface area contributed by atoms with Crippen molar-refractivity contribution in [2.75, 3.05) is 32.8 Å². The number of ether oxygens (including phenoxy) is 1. The summed E-state index contributed by atoms with van der Waals surface area (Å²) in [6, 6.07) is 11.9. The number of hydrogen-bond donors (Lipinski definition) is 1. The van der Waals surface area contributed by atoms with Gasteiger partial charge in [-0.3, -0.25) is 9.78 Å². The molecule has 2 aromatic rings. The zero-order valence-electron chi connectivity index (χ0n) is 19.9. The van der Waals surface area contributed by atoms with Gasteiger partial charge in [-0.2, -0.15) is 0 Å². The lowest BCUT2D eigenvalue weighted by atomic mass is 10.0. The molecule has 1 saturated heterocycles. The highest BCUT2D eigenvalue weighted by Crippen LogP contribution is 2.28. The lowest BCUT2D eigenvalue weighted by Crippen LogP contribution is -2.31. The summed E-state index contributed by atoms with van der Waals surface area (Å²) in [6.45, 7) is 5.09. The molecule has 1 amide bonds. The van der Waals surface area contributed by atoms with E-state index in [-0.39, 0.29) is 5.91 Å². The summed E-state index contributed by atoms with van der Waals surface area (Å²) in [5.74, 6) is 1.69. The Bertz CT molecular complexity index is 838. The largest absolute Gasteiger partial charge is 0.494 e. The first kappa shape index (κ1) is 23.7. The van der Waals surface area contributed by atoms with E-state index in [0.717, 1.165) is 55.3 Å². The summed E-state index contributed by atoms with van der Waals surface area (Å²) >= 11 is 0. The number of benzene rings is 1. The molecule has 33 heavy (non-hydrogen) atoms. The molecule has 1 aromatic heterocycles. The van der Waals surface area contributed by atoms with Crippen LogP contribution in [-0.2, 0) is 0 Å². The van der Waals surface area contributed by atoms with E-state index in [0.29, 0.717) is 5.69 Å². The topological polar surface area (TPSA) is 54.5 Å². The maximum absolute atomic E-state index is 12.4. The molecule has 2 heterocycles. The van der Waals surface area contributed by atoms with Gasteiger partial charge >= 0.3 is 0 Å². The predicted octanol–water partition coefficient (Wildman–Crippen LogP) is 5.70. The Kier molecular flexibility index (Phi) is 9.17. The number of nitrogens with zero attached hydrogens (tertiary/aromatic N) is 2. The Morgan fingerprint density at radius 3 is 2.42 bits per heavy atom. The lowest BCUT2D eigenvalue weighted by molar-refractivity contribution is 0.0947. The second-order valence-electron chi connectivity index (χ2n) is 9.61. The number of likely N-dealkylation sites (tertiary alicyclic amines) is 1. The summed E-state index contributed by atoms with van der Waals surface area (Å²) in [6.07, 6.45) is 14.7. The van der Waals surface area contributed by atoms with E-state index in [2.05, 4.69) is 27.3 Å². The second kappa shape index (κ2) is 12.7. The monoisotopic (exact) mass is 449 g/mol. The van der Waals surface area contributed by atoms with Crippen LogP contribution in [0.5, 0.6) is 5.75 Å². The molecule has 0 unspecified atom stereocenters. The lowest BCUT2D eigenvalue weighted by Gasteiger charge is -2.26. The van der Waals surface area contributed by atoms with Crippen molar-refractivity contribution < 1.29 is 9.53 Å². The third kappa shape index (κ3) is 7.56. The standard InChI is InChI=1S/C28H39N3O2/c32-28(29-17-6-10-23-8-2-3-9-23)27-16-13-25(22-30-27)24-11-14-26(15-12-24)33-21-7-20-31-18-4-1-5-19-31/h11-16,22-23H,1-10,17-21H2,(H,29,32). The van der Waals surface area contributed by atoms with Crippen LogP contribution in [0.15, 0.2) is 42.6 Å². The third-order valence-corrected chi connectivity index (χ3v) is 7.07. The fourth-order valence-corrected chi connectivity index (χ4v) is 5.09. The van der Waals surface area contributed by atoms with Crippen molar-refractivity contribution >= 4 is 5.91 Å². The van der Waals surface area contributed by atoms with Gasteiger partial charge in [0.15, 0.2) is 0 Å². The Hall–Kier alpha value is -2.40. The van der Waals surface area contributed by atoms with Crippen molar-refractivity contribution in [1.29, 1.82) is 0 Å². The van der Waals surface area contributed by atoms with E-state index in [1.54, 1.807) is 6.20 Å². The Morgan fingerprint density at radius 2 is 1.70 bits per heavy atom. The SMILES string of the molecule is O=C(NCCCC1CCCC1)c1ccc(-c2ccc(OCCCN3CCCCC3)cc2)cn1. The first-order chi connectivity index (χ1) is 16.3. The van der Waals surface area contributed by atoms with E-state index in [1.807, 2.05) is 24.3 Å². The van der Waals surface area contributed by atoms with Crippen LogP contribution in [-0.4, -0.2) is 48.6 Å². The van der Waals surface area contributed by atoms with Crippen molar-refractivity contribution in [3.8, 4) is 16.9 Å². The van der Waals surface area contributed by atoms with Crippen molar-refractivity contribution in [2.45, 2.75) is 64.2 Å². The molecule has 5 heteroatoms. The molecular weight excluding hydrogens is 410 g/mol. The Labute approximate surface area is 198 Å². The van der Waals surface area contributed by atoms with Crippen LogP contribution in [0.3, 0.4) is 0 Å². The second-order valence-corrected chi connectivity index (χ2v) is 9.61. The first-order valence-corrected chi connectivity index (χ1v) is 13.0. The molecule has 2 fully saturated rings. The summed E-state index contributed by atoms with van der Waals surface area (Å²) in [4.78, 5) is 19.3. The number of hydrogen-bond acceptors (Lipinski definition) is 4. The van der Waals surface area contributed by atoms with E-state index in [9.17, 15) is 4.79 Å². The highest BCUT2D eigenvalue weighted by Gasteiger charge is 2.14. The first-order valence-electron chi connectivity index (χ1n) is 13.0. The average molecular weight is 450 g/mol. The molecule has 1 N–H and O–H groups in total. The number of nitrogens with one attached hydrogen (secondary N) is 1. The van der Waals surface area contributed by atoms with Gasteiger partial charge in [-0.25, -0.2) is 0 Å². The van der Waals surface area contributed by atoms with Crippen LogP contribution in [0.4, 0.5) is 0 Å². The highest BCUT2D eigenvalue weighted by molar-refractivity contribution is 5.92. The normalized spacial score (nSPS) is 17.2. The summed E-state index contributed by atoms with van der Waals surface area (Å²) in [5.41, 5.74) is 2.56. The van der Waals surface area contributed by atoms with Gasteiger partial charge in [-0.1, -0.05) is 50.3 Å². The number of carbonyl (C=O) groups excluding carboxylic acids is 1. The fraction of sp³-hybridized carbons (Fsp3) is 0.571. The molecule has 0 bridgehead atoms. The molecule has 0 spiro atoms. The number of aromatic nitrogens is 1. The van der Waals surface area contributed by atoms with E-state index in [1.165, 1.54) is 64.5 Å². The fourth-order valence-electron chi connectivity index (χ4n) is 5.09. The molecule has 1 aliphatic heterocycles. The minimum atomic E-state index is -0.0822. The maximum Gasteiger partial charge on any atom is 0.269 e. The number of piperidine rings is 1. The van der Waals surface area contributed by atoms with Crippen LogP contribution in [0.1, 0.15) is 74.7 Å². The van der Waals surface area contributed by atoms with Crippen molar-refractivity contribution in [1.82, 2.24) is 15.2 Å². The zero-order chi connectivity index (χ0) is 22.7. The smallest absolute Gasteiger partial charge is 0.269 e. The van der Waals surface area contributed by atoms with E-state index in [4.69, 9.17) is 4.74 Å². The molecule has 178 valence electrons. The van der Waals surface area contributed by atoms with Crippen molar-refractivity contribution in [3.63, 3.8) is 0 Å². The number of amides is 1. The van der Waals surface area contributed by atoms with Crippen LogP contribution >= 0.6 is 0 Å². The predicted molar refractivity (Wildman–Crippen MR) is 134 cm³/mol. The van der Waals surface area contributed by atoms with Crippen LogP contribution in [0.2, 0.25) is 0 Å². The minimum Gasteiger partial charge on any atom is -0.494 e. The van der Waals surface area contributed by atoms with Gasteiger partial charge < -0.3 is 15.0 Å². The van der Waals surface area contributed by atoms with Gasteiger partial charge in [0.1, 0.15) is 11.4 Å². The van der Waals surface area contributed by atoms with Crippen molar-refractivity contribution in [3.05, 3.63) is 48.3 Å². The molecule has 1 aliphatic carbocycles. The van der Waals surface area contributed by atoms with Crippen molar-refractivity contribution in [2.24, 2.45) is 5.92 Å². The molecule has 2 aliphatic rings. The van der Waals surface area contributed by atoms with Crippen LogP contribution < -0.4 is 10.1 Å². The van der Waals surface area contributed by atoms with Crippen LogP contribution in [0.25, 0.3) is 11.1 Å². The van der Waals surface area contributed by atoms with Crippen LogP contribution in [0, 0.1) is 5.92 Å². The average Bonchev–Trinajstić information content (AvgIpc) is 3.39. The number of carbonyl (C=O) groups is 1. The number of rotatable bonds is 11. The summed E-state index contributed by atoms with van der Waals surface area (Å²) in [5, 5.41) is 3.01. The minimum absolute atomic E-state index is 0.0822. The Balaban J connectivity index is 1.17. The summed E-state index contributed by atoms with van der Waals surface area (Å²) in [7, 11) is 0. The molecule has 5 nitrogen and oxygen atoms in total. The van der Waals surface area contributed by atoms with E-state index < -0.39 is 0 Å². The molecular formula is C28H39N3O2. The van der Waals surface area contributed by atoms with Gasteiger partial charge in [0.05, 0.1) is 6.61 Å². The quantitative estimate of drug-likeness (QED) is 0.447. The third-order valence-electron chi connectivity index (χ3n) is 7.07. The molecule has 4 rings (SSSR count). The van der Waals surface area contributed by atoms with Gasteiger partial charge in [-0.15, -0.1) is 0 Å². The summed E-state index contributed by atoms with van der Waals surface area (Å²) < 4.78 is 5.92. The Morgan fingerprint density at radius 1 is 0.939 bits per heavy atom. The van der Waals surface area contributed by atoms with Gasteiger partial charge in [0.25, 0.3) is 5.91 Å². The number of pyridine rings is 1. The van der Waals surface area contributed by atoms with Gasteiger partial charge in [0.2, 0.25) is 0 Å². The molecule has 1 aromatic carbocycles. The molecule has 1 saturated carbocycles. The molecule has 0 atom stereocenters. The zero-order valence-corrected chi connectivity index (χ0v) is 19.9.